The van der Waals surface area contributed by atoms with Gasteiger partial charge in [-0.25, -0.2) is 0 Å². The lowest BCUT2D eigenvalue weighted by atomic mass is 9.87. The van der Waals surface area contributed by atoms with Crippen LogP contribution in [0, 0.1) is 23.7 Å². The summed E-state index contributed by atoms with van der Waals surface area (Å²) in [5.41, 5.74) is 0.863. The summed E-state index contributed by atoms with van der Waals surface area (Å²) in [6, 6.07) is 0. The van der Waals surface area contributed by atoms with E-state index in [0.717, 1.165) is 29.3 Å². The normalized spacial score (nSPS) is 45.3. The van der Waals surface area contributed by atoms with Crippen molar-refractivity contribution < 1.29 is 0 Å². The van der Waals surface area contributed by atoms with Crippen molar-refractivity contribution in [1.82, 2.24) is 0 Å². The first kappa shape index (κ1) is 9.52. The Labute approximate surface area is 73.3 Å². The standard InChI is InChI=1S/C10H21P/c1-6(2)9-5-7(3)10(11)8(9)4/h6-10H,5,11H2,1-4H3. The fraction of sp³-hybridized carbons (Fsp3) is 1.00. The molecule has 0 saturated heterocycles. The molecule has 0 amide bonds. The fourth-order valence-electron chi connectivity index (χ4n) is 2.48. The third kappa shape index (κ3) is 1.78. The van der Waals surface area contributed by atoms with Gasteiger partial charge >= 0.3 is 0 Å². The third-order valence-corrected chi connectivity index (χ3v) is 4.70. The molecule has 1 heteroatoms. The first-order valence-corrected chi connectivity index (χ1v) is 5.46. The third-order valence-electron chi connectivity index (χ3n) is 3.44. The highest BCUT2D eigenvalue weighted by Crippen LogP contribution is 2.44. The maximum Gasteiger partial charge on any atom is -0.0210 e. The van der Waals surface area contributed by atoms with Crippen molar-refractivity contribution in [1.29, 1.82) is 0 Å². The van der Waals surface area contributed by atoms with Crippen LogP contribution in [-0.2, 0) is 0 Å². The van der Waals surface area contributed by atoms with Gasteiger partial charge in [-0.3, -0.25) is 0 Å². The minimum absolute atomic E-state index is 0.863. The van der Waals surface area contributed by atoms with Gasteiger partial charge in [0.25, 0.3) is 0 Å². The van der Waals surface area contributed by atoms with Crippen LogP contribution in [0.1, 0.15) is 34.1 Å². The molecular weight excluding hydrogens is 151 g/mol. The highest BCUT2D eigenvalue weighted by atomic mass is 31.0. The summed E-state index contributed by atoms with van der Waals surface area (Å²) in [5, 5.41) is 0. The molecule has 11 heavy (non-hydrogen) atoms. The van der Waals surface area contributed by atoms with Gasteiger partial charge in [0.15, 0.2) is 0 Å². The number of hydrogen-bond acceptors (Lipinski definition) is 0. The van der Waals surface area contributed by atoms with E-state index in [9.17, 15) is 0 Å². The van der Waals surface area contributed by atoms with E-state index >= 15 is 0 Å². The van der Waals surface area contributed by atoms with E-state index in [1.807, 2.05) is 0 Å². The Bertz CT molecular complexity index is 131. The van der Waals surface area contributed by atoms with E-state index in [-0.39, 0.29) is 0 Å². The Morgan fingerprint density at radius 2 is 1.82 bits per heavy atom. The van der Waals surface area contributed by atoms with E-state index in [4.69, 9.17) is 0 Å². The second kappa shape index (κ2) is 3.44. The van der Waals surface area contributed by atoms with Crippen LogP contribution in [0.3, 0.4) is 0 Å². The first-order chi connectivity index (χ1) is 5.04. The highest BCUT2D eigenvalue weighted by molar-refractivity contribution is 7.17. The zero-order valence-electron chi connectivity index (χ0n) is 8.17. The lowest BCUT2D eigenvalue weighted by Gasteiger charge is -2.21. The summed E-state index contributed by atoms with van der Waals surface area (Å²) in [4.78, 5) is 0. The molecule has 0 spiro atoms. The molecule has 5 unspecified atom stereocenters. The molecule has 1 saturated carbocycles. The van der Waals surface area contributed by atoms with Gasteiger partial charge in [0.05, 0.1) is 0 Å². The first-order valence-electron chi connectivity index (χ1n) is 4.79. The van der Waals surface area contributed by atoms with Gasteiger partial charge in [-0.2, -0.15) is 0 Å². The molecule has 1 aliphatic carbocycles. The summed E-state index contributed by atoms with van der Waals surface area (Å²) in [7, 11) is 3.02. The van der Waals surface area contributed by atoms with Gasteiger partial charge in [0, 0.05) is 0 Å². The summed E-state index contributed by atoms with van der Waals surface area (Å²) < 4.78 is 0. The molecule has 1 fully saturated rings. The molecule has 0 aromatic carbocycles. The van der Waals surface area contributed by atoms with E-state index in [0.29, 0.717) is 0 Å². The van der Waals surface area contributed by atoms with Gasteiger partial charge in [0.1, 0.15) is 0 Å². The van der Waals surface area contributed by atoms with Crippen molar-refractivity contribution in [3.05, 3.63) is 0 Å². The molecule has 5 atom stereocenters. The summed E-state index contributed by atoms with van der Waals surface area (Å²) >= 11 is 0. The lowest BCUT2D eigenvalue weighted by Crippen LogP contribution is -2.16. The Balaban J connectivity index is 2.59. The summed E-state index contributed by atoms with van der Waals surface area (Å²) in [5.74, 6) is 3.67. The summed E-state index contributed by atoms with van der Waals surface area (Å²) in [6.07, 6.45) is 1.44. The minimum atomic E-state index is 0.863. The predicted octanol–water partition coefficient (Wildman–Crippen LogP) is 3.18. The van der Waals surface area contributed by atoms with Crippen LogP contribution < -0.4 is 0 Å². The Morgan fingerprint density at radius 1 is 1.27 bits per heavy atom. The van der Waals surface area contributed by atoms with Crippen molar-refractivity contribution in [2.24, 2.45) is 23.7 Å². The molecule has 0 bridgehead atoms. The molecule has 0 N–H and O–H groups in total. The fourth-order valence-corrected chi connectivity index (χ4v) is 2.93. The van der Waals surface area contributed by atoms with Crippen LogP contribution in [0.15, 0.2) is 0 Å². The highest BCUT2D eigenvalue weighted by Gasteiger charge is 2.36. The largest absolute Gasteiger partial charge is 0.134 e. The maximum absolute atomic E-state index is 3.02. The Kier molecular flexibility index (Phi) is 2.97. The minimum Gasteiger partial charge on any atom is -0.134 e. The average molecular weight is 172 g/mol. The zero-order chi connectivity index (χ0) is 8.59. The van der Waals surface area contributed by atoms with Gasteiger partial charge in [-0.15, -0.1) is 9.24 Å². The van der Waals surface area contributed by atoms with E-state index in [1.165, 1.54) is 6.42 Å². The zero-order valence-corrected chi connectivity index (χ0v) is 9.33. The molecular formula is C10H21P. The Hall–Kier alpha value is 0.430. The van der Waals surface area contributed by atoms with Crippen molar-refractivity contribution in [2.75, 3.05) is 0 Å². The van der Waals surface area contributed by atoms with E-state index in [2.05, 4.69) is 36.9 Å². The summed E-state index contributed by atoms with van der Waals surface area (Å²) in [6.45, 7) is 9.51. The number of rotatable bonds is 1. The monoisotopic (exact) mass is 172 g/mol. The van der Waals surface area contributed by atoms with Crippen LogP contribution in [0.25, 0.3) is 0 Å². The molecule has 0 aromatic rings. The van der Waals surface area contributed by atoms with Crippen molar-refractivity contribution in [2.45, 2.75) is 39.8 Å². The van der Waals surface area contributed by atoms with Crippen LogP contribution in [0.5, 0.6) is 0 Å². The van der Waals surface area contributed by atoms with Crippen molar-refractivity contribution in [3.63, 3.8) is 0 Å². The molecule has 0 aliphatic heterocycles. The lowest BCUT2D eigenvalue weighted by molar-refractivity contribution is 0.315. The topological polar surface area (TPSA) is 0 Å². The average Bonchev–Trinajstić information content (AvgIpc) is 2.17. The maximum atomic E-state index is 3.02. The predicted molar refractivity (Wildman–Crippen MR) is 54.8 cm³/mol. The molecule has 66 valence electrons. The van der Waals surface area contributed by atoms with Gasteiger partial charge < -0.3 is 0 Å². The molecule has 0 aromatic heterocycles. The smallest absolute Gasteiger partial charge is 0.0210 e. The SMILES string of the molecule is CC(C)C1CC(C)C(P)C1C. The van der Waals surface area contributed by atoms with Crippen LogP contribution in [-0.4, -0.2) is 5.66 Å². The van der Waals surface area contributed by atoms with Crippen LogP contribution in [0.4, 0.5) is 0 Å². The van der Waals surface area contributed by atoms with Gasteiger partial charge in [0.2, 0.25) is 0 Å². The number of hydrogen-bond donors (Lipinski definition) is 0. The van der Waals surface area contributed by atoms with E-state index in [1.54, 1.807) is 0 Å². The van der Waals surface area contributed by atoms with E-state index < -0.39 is 0 Å². The molecule has 0 heterocycles. The quantitative estimate of drug-likeness (QED) is 0.533. The van der Waals surface area contributed by atoms with Crippen LogP contribution >= 0.6 is 9.24 Å². The second-order valence-electron chi connectivity index (χ2n) is 4.56. The van der Waals surface area contributed by atoms with Crippen molar-refractivity contribution in [3.8, 4) is 0 Å². The van der Waals surface area contributed by atoms with Crippen molar-refractivity contribution >= 4 is 9.24 Å². The second-order valence-corrected chi connectivity index (χ2v) is 5.33. The molecule has 1 aliphatic rings. The molecule has 0 radical (unpaired) electrons. The van der Waals surface area contributed by atoms with Crippen LogP contribution in [0.2, 0.25) is 0 Å². The Morgan fingerprint density at radius 3 is 2.00 bits per heavy atom. The van der Waals surface area contributed by atoms with Gasteiger partial charge in [-0.1, -0.05) is 27.7 Å². The molecule has 1 rings (SSSR count). The van der Waals surface area contributed by atoms with Gasteiger partial charge in [-0.05, 0) is 35.8 Å². The molecule has 0 nitrogen and oxygen atoms in total.